The molecule has 1 saturated heterocycles. The van der Waals surface area contributed by atoms with Crippen molar-refractivity contribution in [3.63, 3.8) is 0 Å². The minimum absolute atomic E-state index is 0.00519. The lowest BCUT2D eigenvalue weighted by Crippen LogP contribution is -2.39. The number of ketones is 1. The first-order valence-electron chi connectivity index (χ1n) is 4.90. The van der Waals surface area contributed by atoms with Gasteiger partial charge in [0.15, 0.2) is 0 Å². The van der Waals surface area contributed by atoms with Gasteiger partial charge in [-0.15, -0.1) is 0 Å². The average molecular weight is 180 g/mol. The molecule has 0 N–H and O–H groups in total. The Morgan fingerprint density at radius 3 is 2.46 bits per heavy atom. The highest BCUT2D eigenvalue weighted by Gasteiger charge is 2.71. The summed E-state index contributed by atoms with van der Waals surface area (Å²) in [5.41, 5.74) is -0.123. The summed E-state index contributed by atoms with van der Waals surface area (Å²) < 4.78 is 0. The van der Waals surface area contributed by atoms with Gasteiger partial charge >= 0.3 is 5.79 Å². The maximum Gasteiger partial charge on any atom is 0.304 e. The molecule has 0 amide bonds. The quantitative estimate of drug-likeness (QED) is 0.421. The van der Waals surface area contributed by atoms with Crippen molar-refractivity contribution in [1.82, 2.24) is 0 Å². The summed E-state index contributed by atoms with van der Waals surface area (Å²) in [6.45, 7) is 0. The van der Waals surface area contributed by atoms with Crippen molar-refractivity contribution in [2.24, 2.45) is 5.41 Å². The van der Waals surface area contributed by atoms with Gasteiger partial charge in [0.2, 0.25) is 5.78 Å². The lowest BCUT2D eigenvalue weighted by atomic mass is 9.71. The van der Waals surface area contributed by atoms with E-state index in [1.54, 1.807) is 6.08 Å². The van der Waals surface area contributed by atoms with Crippen molar-refractivity contribution in [1.29, 1.82) is 0 Å². The Morgan fingerprint density at radius 1 is 1.15 bits per heavy atom. The summed E-state index contributed by atoms with van der Waals surface area (Å²) in [7, 11) is 0. The van der Waals surface area contributed by atoms with Crippen molar-refractivity contribution >= 4 is 5.78 Å². The number of carbonyl (C=O) groups is 1. The van der Waals surface area contributed by atoms with Gasteiger partial charge in [-0.1, -0.05) is 25.3 Å². The molecule has 0 aromatic carbocycles. The molecule has 2 spiro atoms. The van der Waals surface area contributed by atoms with Crippen LogP contribution in [0.15, 0.2) is 12.2 Å². The van der Waals surface area contributed by atoms with Gasteiger partial charge in [0, 0.05) is 0 Å². The van der Waals surface area contributed by atoms with Crippen molar-refractivity contribution in [3.8, 4) is 0 Å². The zero-order chi connectivity index (χ0) is 8.94. The minimum atomic E-state index is -0.882. The first-order chi connectivity index (χ1) is 6.29. The smallest absolute Gasteiger partial charge is 0.288 e. The van der Waals surface area contributed by atoms with Crippen LogP contribution in [-0.4, -0.2) is 11.6 Å². The highest BCUT2D eigenvalue weighted by Crippen LogP contribution is 2.58. The molecule has 3 rings (SSSR count). The van der Waals surface area contributed by atoms with E-state index >= 15 is 0 Å². The van der Waals surface area contributed by atoms with E-state index in [0.717, 1.165) is 12.8 Å². The Labute approximate surface area is 76.6 Å². The van der Waals surface area contributed by atoms with Crippen LogP contribution in [0.25, 0.3) is 0 Å². The van der Waals surface area contributed by atoms with Gasteiger partial charge in [0.05, 0.1) is 5.41 Å². The van der Waals surface area contributed by atoms with E-state index in [9.17, 15) is 4.79 Å². The Balaban J connectivity index is 1.98. The second-order valence-electron chi connectivity index (χ2n) is 4.20. The van der Waals surface area contributed by atoms with Gasteiger partial charge in [-0.3, -0.25) is 4.79 Å². The van der Waals surface area contributed by atoms with Gasteiger partial charge < -0.3 is 0 Å². The predicted octanol–water partition coefficient (Wildman–Crippen LogP) is 1.73. The zero-order valence-corrected chi connectivity index (χ0v) is 7.41. The fourth-order valence-electron chi connectivity index (χ4n) is 2.67. The van der Waals surface area contributed by atoms with Gasteiger partial charge in [0.25, 0.3) is 0 Å². The summed E-state index contributed by atoms with van der Waals surface area (Å²) in [6, 6.07) is 0. The number of hydrogen-bond donors (Lipinski definition) is 0. The second kappa shape index (κ2) is 2.22. The maximum atomic E-state index is 11.5. The van der Waals surface area contributed by atoms with Crippen LogP contribution in [0.5, 0.6) is 0 Å². The summed E-state index contributed by atoms with van der Waals surface area (Å²) in [4.78, 5) is 21.4. The summed E-state index contributed by atoms with van der Waals surface area (Å²) >= 11 is 0. The summed E-state index contributed by atoms with van der Waals surface area (Å²) in [6.07, 6.45) is 9.28. The molecule has 0 atom stereocenters. The molecule has 0 radical (unpaired) electrons. The third-order valence-electron chi connectivity index (χ3n) is 3.53. The van der Waals surface area contributed by atoms with Crippen LogP contribution in [0.2, 0.25) is 0 Å². The summed E-state index contributed by atoms with van der Waals surface area (Å²) in [5, 5.41) is 0. The van der Waals surface area contributed by atoms with Crippen LogP contribution < -0.4 is 0 Å². The number of fused-ring (bicyclic) bond motifs is 1. The monoisotopic (exact) mass is 180 g/mol. The van der Waals surface area contributed by atoms with Crippen molar-refractivity contribution in [2.45, 2.75) is 37.9 Å². The van der Waals surface area contributed by atoms with E-state index < -0.39 is 5.79 Å². The van der Waals surface area contributed by atoms with E-state index in [0.29, 0.717) is 0 Å². The van der Waals surface area contributed by atoms with E-state index in [1.165, 1.54) is 19.3 Å². The van der Waals surface area contributed by atoms with Gasteiger partial charge in [-0.05, 0) is 18.9 Å². The molecule has 1 saturated carbocycles. The Kier molecular flexibility index (Phi) is 1.32. The van der Waals surface area contributed by atoms with E-state index in [-0.39, 0.29) is 11.2 Å². The molecule has 70 valence electrons. The Morgan fingerprint density at radius 2 is 1.85 bits per heavy atom. The lowest BCUT2D eigenvalue weighted by Gasteiger charge is -2.32. The van der Waals surface area contributed by atoms with Crippen molar-refractivity contribution in [2.75, 3.05) is 0 Å². The van der Waals surface area contributed by atoms with Gasteiger partial charge in [-0.2, -0.15) is 9.78 Å². The fourth-order valence-corrected chi connectivity index (χ4v) is 2.67. The molecule has 3 aliphatic rings. The molecular weight excluding hydrogens is 168 g/mol. The molecule has 1 aliphatic heterocycles. The van der Waals surface area contributed by atoms with E-state index in [2.05, 4.69) is 0 Å². The Bertz CT molecular complexity index is 283. The van der Waals surface area contributed by atoms with Crippen LogP contribution >= 0.6 is 0 Å². The molecule has 2 aliphatic carbocycles. The maximum absolute atomic E-state index is 11.5. The van der Waals surface area contributed by atoms with Crippen LogP contribution in [0.4, 0.5) is 0 Å². The lowest BCUT2D eigenvalue weighted by molar-refractivity contribution is -0.123. The molecule has 0 aromatic heterocycles. The predicted molar refractivity (Wildman–Crippen MR) is 44.6 cm³/mol. The van der Waals surface area contributed by atoms with E-state index in [1.807, 2.05) is 6.08 Å². The second-order valence-corrected chi connectivity index (χ2v) is 4.20. The van der Waals surface area contributed by atoms with Gasteiger partial charge in [0.1, 0.15) is 0 Å². The first-order valence-corrected chi connectivity index (χ1v) is 4.90. The molecule has 3 nitrogen and oxygen atoms in total. The molecule has 2 fully saturated rings. The molecule has 0 bridgehead atoms. The van der Waals surface area contributed by atoms with Gasteiger partial charge in [-0.25, -0.2) is 0 Å². The largest absolute Gasteiger partial charge is 0.304 e. The normalized spacial score (nSPS) is 33.1. The SMILES string of the molecule is O=C1C=CC2(CCCCC2)C12OO2. The zero-order valence-electron chi connectivity index (χ0n) is 7.41. The van der Waals surface area contributed by atoms with Crippen molar-refractivity contribution < 1.29 is 14.6 Å². The molecule has 0 aromatic rings. The number of carbonyl (C=O) groups excluding carboxylic acids is 1. The van der Waals surface area contributed by atoms with Crippen LogP contribution in [-0.2, 0) is 14.6 Å². The van der Waals surface area contributed by atoms with Crippen LogP contribution in [0.3, 0.4) is 0 Å². The molecule has 0 unspecified atom stereocenters. The van der Waals surface area contributed by atoms with Crippen LogP contribution in [0.1, 0.15) is 32.1 Å². The highest BCUT2D eigenvalue weighted by molar-refractivity contribution is 6.00. The summed E-state index contributed by atoms with van der Waals surface area (Å²) in [5.74, 6) is -0.887. The molecule has 13 heavy (non-hydrogen) atoms. The number of rotatable bonds is 0. The first kappa shape index (κ1) is 7.71. The standard InChI is InChI=1S/C10H12O3/c11-8-4-7-9(10(8)12-13-10)5-2-1-3-6-9/h4,7H,1-3,5-6H2. The topological polar surface area (TPSA) is 42.1 Å². The molecule has 1 heterocycles. The highest BCUT2D eigenvalue weighted by atomic mass is 17.4. The average Bonchev–Trinajstić information content (AvgIpc) is 2.93. The molecule has 3 heteroatoms. The third-order valence-corrected chi connectivity index (χ3v) is 3.53. The minimum Gasteiger partial charge on any atom is -0.288 e. The fraction of sp³-hybridized carbons (Fsp3) is 0.700. The van der Waals surface area contributed by atoms with Crippen molar-refractivity contribution in [3.05, 3.63) is 12.2 Å². The van der Waals surface area contributed by atoms with E-state index in [4.69, 9.17) is 9.78 Å². The van der Waals surface area contributed by atoms with Crippen LogP contribution in [0, 0.1) is 5.41 Å². The number of hydrogen-bond acceptors (Lipinski definition) is 3. The Hall–Kier alpha value is -0.670. The third kappa shape index (κ3) is 0.790. The molecular formula is C10H12O3.